The van der Waals surface area contributed by atoms with Gasteiger partial charge in [0.1, 0.15) is 0 Å². The molecule has 4 unspecified atom stereocenters. The fraction of sp³-hybridized carbons (Fsp3) is 0.650. The first-order chi connectivity index (χ1) is 11.6. The Kier molecular flexibility index (Phi) is 7.55. The summed E-state index contributed by atoms with van der Waals surface area (Å²) in [4.78, 5) is 7.23. The first kappa shape index (κ1) is 20.5. The Labute approximate surface area is 169 Å². The van der Waals surface area contributed by atoms with Crippen LogP contribution in [0.1, 0.15) is 45.6 Å². The van der Waals surface area contributed by atoms with Crippen molar-refractivity contribution >= 4 is 29.9 Å². The molecule has 1 saturated heterocycles. The predicted molar refractivity (Wildman–Crippen MR) is 117 cm³/mol. The molecule has 2 N–H and O–H groups in total. The molecule has 2 fully saturated rings. The SMILES string of the molecule is CCN=C(NC1CN(C(C)C)CC1C)NC1CC1c1ccccc1.I. The first-order valence-electron chi connectivity index (χ1n) is 9.45. The van der Waals surface area contributed by atoms with Gasteiger partial charge in [0.05, 0.1) is 0 Å². The van der Waals surface area contributed by atoms with Crippen LogP contribution in [-0.2, 0) is 0 Å². The number of hydrogen-bond donors (Lipinski definition) is 2. The lowest BCUT2D eigenvalue weighted by molar-refractivity contribution is 0.265. The molecule has 4 atom stereocenters. The molecule has 1 aliphatic carbocycles. The zero-order valence-electron chi connectivity index (χ0n) is 15.9. The first-order valence-corrected chi connectivity index (χ1v) is 9.45. The Hall–Kier alpha value is -0.820. The molecule has 1 aromatic rings. The molecule has 1 heterocycles. The van der Waals surface area contributed by atoms with Crippen molar-refractivity contribution in [1.82, 2.24) is 15.5 Å². The van der Waals surface area contributed by atoms with Gasteiger partial charge in [0.25, 0.3) is 0 Å². The Morgan fingerprint density at radius 1 is 1.16 bits per heavy atom. The van der Waals surface area contributed by atoms with E-state index in [4.69, 9.17) is 0 Å². The summed E-state index contributed by atoms with van der Waals surface area (Å²) in [6.07, 6.45) is 1.20. The lowest BCUT2D eigenvalue weighted by atomic mass is 10.1. The predicted octanol–water partition coefficient (Wildman–Crippen LogP) is 3.44. The van der Waals surface area contributed by atoms with E-state index in [1.165, 1.54) is 18.5 Å². The van der Waals surface area contributed by atoms with E-state index in [1.807, 2.05) is 0 Å². The second kappa shape index (κ2) is 9.21. The normalized spacial score (nSPS) is 29.4. The van der Waals surface area contributed by atoms with E-state index in [1.54, 1.807) is 0 Å². The highest BCUT2D eigenvalue weighted by Crippen LogP contribution is 2.40. The highest BCUT2D eigenvalue weighted by atomic mass is 127. The van der Waals surface area contributed by atoms with Crippen LogP contribution >= 0.6 is 24.0 Å². The van der Waals surface area contributed by atoms with Crippen LogP contribution in [0.5, 0.6) is 0 Å². The van der Waals surface area contributed by atoms with Gasteiger partial charge in [-0.3, -0.25) is 9.89 Å². The van der Waals surface area contributed by atoms with Crippen molar-refractivity contribution in [1.29, 1.82) is 0 Å². The Morgan fingerprint density at radius 3 is 2.44 bits per heavy atom. The third-order valence-electron chi connectivity index (χ3n) is 5.35. The maximum atomic E-state index is 4.68. The minimum Gasteiger partial charge on any atom is -0.353 e. The molecule has 0 amide bonds. The van der Waals surface area contributed by atoms with Gasteiger partial charge in [-0.05, 0) is 38.7 Å². The van der Waals surface area contributed by atoms with Crippen LogP contribution in [-0.4, -0.2) is 48.6 Å². The topological polar surface area (TPSA) is 39.7 Å². The number of aliphatic imine (C=N–C) groups is 1. The number of halogens is 1. The van der Waals surface area contributed by atoms with Gasteiger partial charge < -0.3 is 10.6 Å². The van der Waals surface area contributed by atoms with E-state index < -0.39 is 0 Å². The van der Waals surface area contributed by atoms with Crippen molar-refractivity contribution in [2.75, 3.05) is 19.6 Å². The third kappa shape index (κ3) is 5.33. The third-order valence-corrected chi connectivity index (χ3v) is 5.35. The van der Waals surface area contributed by atoms with Gasteiger partial charge in [0.15, 0.2) is 5.96 Å². The number of rotatable bonds is 5. The average molecular weight is 456 g/mol. The van der Waals surface area contributed by atoms with E-state index in [9.17, 15) is 0 Å². The van der Waals surface area contributed by atoms with Crippen molar-refractivity contribution in [3.05, 3.63) is 35.9 Å². The lowest BCUT2D eigenvalue weighted by Gasteiger charge is -2.22. The molecular weight excluding hydrogens is 423 g/mol. The Morgan fingerprint density at radius 2 is 1.84 bits per heavy atom. The summed E-state index contributed by atoms with van der Waals surface area (Å²) in [5.74, 6) is 2.27. The zero-order valence-corrected chi connectivity index (χ0v) is 18.2. The van der Waals surface area contributed by atoms with E-state index >= 15 is 0 Å². The molecule has 1 aromatic carbocycles. The highest BCUT2D eigenvalue weighted by molar-refractivity contribution is 14.0. The van der Waals surface area contributed by atoms with Gasteiger partial charge in [-0.1, -0.05) is 37.3 Å². The van der Waals surface area contributed by atoms with Gasteiger partial charge in [0, 0.05) is 43.7 Å². The van der Waals surface area contributed by atoms with Crippen LogP contribution in [0.2, 0.25) is 0 Å². The largest absolute Gasteiger partial charge is 0.353 e. The number of hydrogen-bond acceptors (Lipinski definition) is 2. The maximum absolute atomic E-state index is 4.68. The number of likely N-dealkylation sites (tertiary alicyclic amines) is 1. The molecule has 4 nitrogen and oxygen atoms in total. The van der Waals surface area contributed by atoms with Crippen molar-refractivity contribution < 1.29 is 0 Å². The molecule has 1 saturated carbocycles. The van der Waals surface area contributed by atoms with Gasteiger partial charge in [0.2, 0.25) is 0 Å². The fourth-order valence-electron chi connectivity index (χ4n) is 3.68. The van der Waals surface area contributed by atoms with Crippen LogP contribution in [0.25, 0.3) is 0 Å². The van der Waals surface area contributed by atoms with Crippen molar-refractivity contribution in [3.63, 3.8) is 0 Å². The fourth-order valence-corrected chi connectivity index (χ4v) is 3.68. The van der Waals surface area contributed by atoms with E-state index in [0.717, 1.165) is 19.0 Å². The van der Waals surface area contributed by atoms with Crippen LogP contribution in [0, 0.1) is 5.92 Å². The Balaban J connectivity index is 0.00000225. The van der Waals surface area contributed by atoms with E-state index in [2.05, 4.69) is 78.6 Å². The summed E-state index contributed by atoms with van der Waals surface area (Å²) in [6, 6.07) is 12.4. The van der Waals surface area contributed by atoms with Gasteiger partial charge in [-0.15, -0.1) is 24.0 Å². The summed E-state index contributed by atoms with van der Waals surface area (Å²) in [7, 11) is 0. The average Bonchev–Trinajstić information content (AvgIpc) is 3.23. The standard InChI is InChI=1S/C20H32N4.HI/c1-5-21-20(23-19-13-24(14(2)3)12-15(19)4)22-18-11-17(18)16-9-7-6-8-10-16;/h6-10,14-15,17-19H,5,11-13H2,1-4H3,(H2,21,22,23);1H. The summed E-state index contributed by atoms with van der Waals surface area (Å²) in [6.45, 7) is 12.1. The molecule has 2 aliphatic rings. The molecule has 3 rings (SSSR count). The summed E-state index contributed by atoms with van der Waals surface area (Å²) < 4.78 is 0. The number of nitrogens with one attached hydrogen (secondary N) is 2. The number of guanidine groups is 1. The summed E-state index contributed by atoms with van der Waals surface area (Å²) in [5, 5.41) is 7.34. The second-order valence-electron chi connectivity index (χ2n) is 7.60. The molecule has 25 heavy (non-hydrogen) atoms. The molecule has 1 aliphatic heterocycles. The van der Waals surface area contributed by atoms with Crippen molar-refractivity contribution in [3.8, 4) is 0 Å². The molecule has 0 aromatic heterocycles. The van der Waals surface area contributed by atoms with Crippen LogP contribution in [0.4, 0.5) is 0 Å². The van der Waals surface area contributed by atoms with Crippen molar-refractivity contribution in [2.24, 2.45) is 10.9 Å². The molecule has 140 valence electrons. The molecule has 5 heteroatoms. The van der Waals surface area contributed by atoms with Crippen LogP contribution in [0.15, 0.2) is 35.3 Å². The quantitative estimate of drug-likeness (QED) is 0.405. The van der Waals surface area contributed by atoms with E-state index in [-0.39, 0.29) is 24.0 Å². The summed E-state index contributed by atoms with van der Waals surface area (Å²) >= 11 is 0. The monoisotopic (exact) mass is 456 g/mol. The van der Waals surface area contributed by atoms with Crippen molar-refractivity contribution in [2.45, 2.75) is 58.2 Å². The highest BCUT2D eigenvalue weighted by Gasteiger charge is 2.39. The maximum Gasteiger partial charge on any atom is 0.191 e. The zero-order chi connectivity index (χ0) is 17.1. The van der Waals surface area contributed by atoms with E-state index in [0.29, 0.717) is 30.0 Å². The number of nitrogens with zero attached hydrogens (tertiary/aromatic N) is 2. The minimum atomic E-state index is 0. The van der Waals surface area contributed by atoms with Crippen LogP contribution in [0.3, 0.4) is 0 Å². The van der Waals surface area contributed by atoms with Gasteiger partial charge in [-0.25, -0.2) is 0 Å². The smallest absolute Gasteiger partial charge is 0.191 e. The molecular formula is C20H33IN4. The minimum absolute atomic E-state index is 0. The lowest BCUT2D eigenvalue weighted by Crippen LogP contribution is -2.47. The number of benzene rings is 1. The van der Waals surface area contributed by atoms with Crippen LogP contribution < -0.4 is 10.6 Å². The molecule has 0 bridgehead atoms. The van der Waals surface area contributed by atoms with Gasteiger partial charge >= 0.3 is 0 Å². The Bertz CT molecular complexity index is 560. The molecule has 0 spiro atoms. The van der Waals surface area contributed by atoms with Gasteiger partial charge in [-0.2, -0.15) is 0 Å². The summed E-state index contributed by atoms with van der Waals surface area (Å²) in [5.41, 5.74) is 1.44. The molecule has 0 radical (unpaired) electrons. The second-order valence-corrected chi connectivity index (χ2v) is 7.60.